The summed E-state index contributed by atoms with van der Waals surface area (Å²) in [6.45, 7) is 0.936. The van der Waals surface area contributed by atoms with Gasteiger partial charge in [0.05, 0.1) is 30.7 Å². The fourth-order valence-corrected chi connectivity index (χ4v) is 4.48. The first-order chi connectivity index (χ1) is 15.8. The molecule has 1 aromatic heterocycles. The van der Waals surface area contributed by atoms with E-state index in [9.17, 15) is 9.59 Å². The molecule has 0 radical (unpaired) electrons. The molecule has 0 saturated heterocycles. The summed E-state index contributed by atoms with van der Waals surface area (Å²) in [4.78, 5) is 34.6. The number of hydrogen-bond acceptors (Lipinski definition) is 7. The molecule has 0 bridgehead atoms. The molecule has 0 saturated carbocycles. The molecule has 9 nitrogen and oxygen atoms in total. The number of nitrogens with zero attached hydrogens (tertiary/aromatic N) is 3. The van der Waals surface area contributed by atoms with Gasteiger partial charge >= 0.3 is 6.03 Å². The van der Waals surface area contributed by atoms with E-state index in [0.717, 1.165) is 21.9 Å². The van der Waals surface area contributed by atoms with Gasteiger partial charge in [-0.2, -0.15) is 0 Å². The maximum atomic E-state index is 12.8. The summed E-state index contributed by atoms with van der Waals surface area (Å²) in [5.74, 6) is 0.252. The van der Waals surface area contributed by atoms with Crippen molar-refractivity contribution in [1.29, 1.82) is 0 Å². The molecule has 0 spiro atoms. The van der Waals surface area contributed by atoms with Crippen LogP contribution in [-0.2, 0) is 13.0 Å². The first-order valence-electron chi connectivity index (χ1n) is 10.4. The number of aromatic nitrogens is 1. The normalized spacial score (nSPS) is 12.6. The predicted octanol–water partition coefficient (Wildman–Crippen LogP) is 3.64. The molecule has 0 aliphatic carbocycles. The van der Waals surface area contributed by atoms with Gasteiger partial charge in [-0.15, -0.1) is 11.3 Å². The maximum Gasteiger partial charge on any atom is 0.322 e. The van der Waals surface area contributed by atoms with Crippen LogP contribution in [-0.4, -0.2) is 49.6 Å². The third-order valence-corrected chi connectivity index (χ3v) is 6.44. The summed E-state index contributed by atoms with van der Waals surface area (Å²) < 4.78 is 5.19. The molecule has 0 fully saturated rings. The summed E-state index contributed by atoms with van der Waals surface area (Å²) in [6.07, 6.45) is 0.591. The number of fused-ring (bicyclic) bond motifs is 1. The average molecular weight is 467 g/mol. The maximum absolute atomic E-state index is 12.8. The SMILES string of the molecule is COc1ccc(N)c(NC(=O)c2nc3c(s2)CN(C(=O)Nc2ccc(N(C)C)cc2)CC3)c1. The van der Waals surface area contributed by atoms with Crippen LogP contribution in [0.5, 0.6) is 5.75 Å². The average Bonchev–Trinajstić information content (AvgIpc) is 3.24. The third kappa shape index (κ3) is 5.01. The summed E-state index contributed by atoms with van der Waals surface area (Å²) in [5.41, 5.74) is 9.51. The molecule has 2 aromatic carbocycles. The molecule has 2 heterocycles. The molecule has 3 amide bonds. The van der Waals surface area contributed by atoms with Crippen LogP contribution in [0.15, 0.2) is 42.5 Å². The van der Waals surface area contributed by atoms with E-state index in [-0.39, 0.29) is 11.9 Å². The Bertz CT molecular complexity index is 1180. The molecular weight excluding hydrogens is 440 g/mol. The predicted molar refractivity (Wildman–Crippen MR) is 131 cm³/mol. The van der Waals surface area contributed by atoms with Crippen LogP contribution in [0.4, 0.5) is 27.5 Å². The van der Waals surface area contributed by atoms with Gasteiger partial charge in [0.25, 0.3) is 5.91 Å². The van der Waals surface area contributed by atoms with Crippen LogP contribution in [0, 0.1) is 0 Å². The van der Waals surface area contributed by atoms with Crippen LogP contribution < -0.4 is 26.0 Å². The monoisotopic (exact) mass is 466 g/mol. The molecule has 10 heteroatoms. The van der Waals surface area contributed by atoms with Gasteiger partial charge in [-0.1, -0.05) is 0 Å². The Kier molecular flexibility index (Phi) is 6.36. The molecule has 3 aromatic rings. The number of carbonyl (C=O) groups excluding carboxylic acids is 2. The second-order valence-corrected chi connectivity index (χ2v) is 8.92. The lowest BCUT2D eigenvalue weighted by Crippen LogP contribution is -2.38. The van der Waals surface area contributed by atoms with Crippen molar-refractivity contribution in [2.75, 3.05) is 49.0 Å². The fourth-order valence-electron chi connectivity index (χ4n) is 3.46. The summed E-state index contributed by atoms with van der Waals surface area (Å²) in [5, 5.41) is 6.07. The highest BCUT2D eigenvalue weighted by Crippen LogP contribution is 2.28. The van der Waals surface area contributed by atoms with Crippen molar-refractivity contribution >= 4 is 46.0 Å². The second kappa shape index (κ2) is 9.37. The highest BCUT2D eigenvalue weighted by molar-refractivity contribution is 7.13. The van der Waals surface area contributed by atoms with Gasteiger partial charge in [0.1, 0.15) is 5.75 Å². The third-order valence-electron chi connectivity index (χ3n) is 5.36. The Hall–Kier alpha value is -3.79. The number of nitrogen functional groups attached to an aromatic ring is 1. The number of benzene rings is 2. The van der Waals surface area contributed by atoms with Crippen molar-refractivity contribution in [1.82, 2.24) is 9.88 Å². The van der Waals surface area contributed by atoms with Gasteiger partial charge in [-0.05, 0) is 36.4 Å². The summed E-state index contributed by atoms with van der Waals surface area (Å²) in [6, 6.07) is 12.5. The lowest BCUT2D eigenvalue weighted by molar-refractivity contribution is 0.102. The number of urea groups is 1. The molecule has 172 valence electrons. The number of nitrogens with two attached hydrogens (primary N) is 1. The number of anilines is 4. The number of ether oxygens (including phenoxy) is 1. The Balaban J connectivity index is 1.41. The Labute approximate surface area is 196 Å². The molecule has 0 atom stereocenters. The number of rotatable bonds is 5. The number of methoxy groups -OCH3 is 1. The van der Waals surface area contributed by atoms with Crippen LogP contribution in [0.3, 0.4) is 0 Å². The van der Waals surface area contributed by atoms with E-state index < -0.39 is 0 Å². The minimum Gasteiger partial charge on any atom is -0.497 e. The molecule has 33 heavy (non-hydrogen) atoms. The summed E-state index contributed by atoms with van der Waals surface area (Å²) >= 11 is 1.29. The van der Waals surface area contributed by atoms with E-state index in [2.05, 4.69) is 15.6 Å². The van der Waals surface area contributed by atoms with E-state index >= 15 is 0 Å². The lowest BCUT2D eigenvalue weighted by Gasteiger charge is -2.26. The van der Waals surface area contributed by atoms with Crippen LogP contribution >= 0.6 is 11.3 Å². The van der Waals surface area contributed by atoms with Gasteiger partial charge in [0.15, 0.2) is 5.01 Å². The van der Waals surface area contributed by atoms with E-state index in [0.29, 0.717) is 41.6 Å². The van der Waals surface area contributed by atoms with Gasteiger partial charge in [0.2, 0.25) is 0 Å². The van der Waals surface area contributed by atoms with Crippen molar-refractivity contribution in [3.05, 3.63) is 58.0 Å². The minimum absolute atomic E-state index is 0.179. The first kappa shape index (κ1) is 22.4. The Morgan fingerprint density at radius 1 is 1.15 bits per heavy atom. The number of carbonyl (C=O) groups is 2. The second-order valence-electron chi connectivity index (χ2n) is 7.84. The van der Waals surface area contributed by atoms with Crippen molar-refractivity contribution in [3.8, 4) is 5.75 Å². The van der Waals surface area contributed by atoms with Gasteiger partial charge < -0.3 is 30.9 Å². The number of amides is 3. The zero-order valence-corrected chi connectivity index (χ0v) is 19.5. The molecule has 1 aliphatic heterocycles. The zero-order valence-electron chi connectivity index (χ0n) is 18.7. The largest absolute Gasteiger partial charge is 0.497 e. The van der Waals surface area contributed by atoms with Crippen molar-refractivity contribution in [2.45, 2.75) is 13.0 Å². The van der Waals surface area contributed by atoms with Crippen molar-refractivity contribution in [3.63, 3.8) is 0 Å². The smallest absolute Gasteiger partial charge is 0.322 e. The molecule has 4 rings (SSSR count). The van der Waals surface area contributed by atoms with E-state index in [1.54, 1.807) is 30.2 Å². The minimum atomic E-state index is -0.341. The lowest BCUT2D eigenvalue weighted by atomic mass is 10.2. The van der Waals surface area contributed by atoms with Gasteiger partial charge in [-0.3, -0.25) is 4.79 Å². The van der Waals surface area contributed by atoms with Crippen LogP contribution in [0.25, 0.3) is 0 Å². The first-order valence-corrected chi connectivity index (χ1v) is 11.2. The van der Waals surface area contributed by atoms with Crippen molar-refractivity contribution in [2.24, 2.45) is 0 Å². The molecule has 4 N–H and O–H groups in total. The molecule has 0 unspecified atom stereocenters. The van der Waals surface area contributed by atoms with Crippen LogP contribution in [0.1, 0.15) is 20.4 Å². The molecular formula is C23H26N6O3S. The van der Waals surface area contributed by atoms with Crippen molar-refractivity contribution < 1.29 is 14.3 Å². The van der Waals surface area contributed by atoms with E-state index in [1.165, 1.54) is 11.3 Å². The van der Waals surface area contributed by atoms with Gasteiger partial charge in [-0.25, -0.2) is 9.78 Å². The fraction of sp³-hybridized carbons (Fsp3) is 0.261. The number of hydrogen-bond donors (Lipinski definition) is 3. The topological polar surface area (TPSA) is 113 Å². The highest BCUT2D eigenvalue weighted by Gasteiger charge is 2.26. The van der Waals surface area contributed by atoms with Gasteiger partial charge in [0, 0.05) is 49.4 Å². The number of nitrogens with one attached hydrogen (secondary N) is 2. The highest BCUT2D eigenvalue weighted by atomic mass is 32.1. The summed E-state index contributed by atoms with van der Waals surface area (Å²) in [7, 11) is 5.48. The Morgan fingerprint density at radius 3 is 2.61 bits per heavy atom. The van der Waals surface area contributed by atoms with E-state index in [1.807, 2.05) is 43.3 Å². The molecule has 1 aliphatic rings. The van der Waals surface area contributed by atoms with Crippen LogP contribution in [0.2, 0.25) is 0 Å². The Morgan fingerprint density at radius 2 is 1.91 bits per heavy atom. The standard InChI is InChI=1S/C23H26N6O3S/c1-28(2)15-6-4-14(5-7-15)25-23(31)29-11-10-18-20(13-29)33-22(27-18)21(30)26-19-12-16(32-3)8-9-17(19)24/h4-9,12H,10-11,13,24H2,1-3H3,(H,25,31)(H,26,30). The zero-order chi connectivity index (χ0) is 23.5. The van der Waals surface area contributed by atoms with E-state index in [4.69, 9.17) is 10.5 Å². The number of thiazole rings is 1. The quantitative estimate of drug-likeness (QED) is 0.495.